The molecule has 168 valence electrons. The van der Waals surface area contributed by atoms with E-state index in [1.807, 2.05) is 12.1 Å². The van der Waals surface area contributed by atoms with Gasteiger partial charge in [0.15, 0.2) is 5.16 Å². The summed E-state index contributed by atoms with van der Waals surface area (Å²) in [6.45, 7) is 7.93. The molecular formula is C23H33N5O2S. The molecule has 2 saturated heterocycles. The van der Waals surface area contributed by atoms with Crippen LogP contribution in [-0.4, -0.2) is 52.2 Å². The van der Waals surface area contributed by atoms with E-state index in [1.165, 1.54) is 36.6 Å². The number of nitrogens with zero attached hydrogens (tertiary/aromatic N) is 4. The van der Waals surface area contributed by atoms with Gasteiger partial charge >= 0.3 is 0 Å². The number of anilines is 2. The molecule has 0 bridgehead atoms. The molecule has 3 heterocycles. The summed E-state index contributed by atoms with van der Waals surface area (Å²) >= 11 is 1.45. The molecule has 0 aliphatic carbocycles. The predicted molar refractivity (Wildman–Crippen MR) is 125 cm³/mol. The number of carbonyl (C=O) groups is 1. The van der Waals surface area contributed by atoms with E-state index in [1.54, 1.807) is 0 Å². The zero-order chi connectivity index (χ0) is 21.6. The van der Waals surface area contributed by atoms with Gasteiger partial charge in [0.1, 0.15) is 0 Å². The van der Waals surface area contributed by atoms with Crippen LogP contribution in [0.3, 0.4) is 0 Å². The molecule has 31 heavy (non-hydrogen) atoms. The third-order valence-electron chi connectivity index (χ3n) is 5.94. The Morgan fingerprint density at radius 3 is 2.61 bits per heavy atom. The predicted octanol–water partition coefficient (Wildman–Crippen LogP) is 4.30. The van der Waals surface area contributed by atoms with Crippen molar-refractivity contribution in [3.8, 4) is 0 Å². The first kappa shape index (κ1) is 22.1. The van der Waals surface area contributed by atoms with Gasteiger partial charge in [-0.05, 0) is 55.7 Å². The van der Waals surface area contributed by atoms with Gasteiger partial charge in [-0.1, -0.05) is 37.7 Å². The Morgan fingerprint density at radius 1 is 1.16 bits per heavy atom. The van der Waals surface area contributed by atoms with Gasteiger partial charge < -0.3 is 15.0 Å². The molecule has 0 spiro atoms. The number of hydrogen-bond donors (Lipinski definition) is 1. The summed E-state index contributed by atoms with van der Waals surface area (Å²) in [5.74, 6) is 1.66. The molecule has 2 fully saturated rings. The maximum absolute atomic E-state index is 12.5. The van der Waals surface area contributed by atoms with Crippen molar-refractivity contribution in [2.45, 2.75) is 69.7 Å². The van der Waals surface area contributed by atoms with E-state index in [4.69, 9.17) is 4.74 Å². The fourth-order valence-corrected chi connectivity index (χ4v) is 4.89. The Hall–Kier alpha value is -2.06. The fraction of sp³-hybridized carbons (Fsp3) is 0.609. The van der Waals surface area contributed by atoms with Crippen LogP contribution in [0.25, 0.3) is 0 Å². The topological polar surface area (TPSA) is 72.3 Å². The molecule has 1 aromatic carbocycles. The summed E-state index contributed by atoms with van der Waals surface area (Å²) in [5.41, 5.74) is 2.09. The summed E-state index contributed by atoms with van der Waals surface area (Å²) in [6, 6.07) is 8.06. The molecule has 2 aliphatic heterocycles. The zero-order valence-corrected chi connectivity index (χ0v) is 19.4. The number of benzene rings is 1. The number of thioether (sulfide) groups is 1. The highest BCUT2D eigenvalue weighted by atomic mass is 32.2. The first-order valence-electron chi connectivity index (χ1n) is 11.4. The monoisotopic (exact) mass is 443 g/mol. The number of amides is 1. The summed E-state index contributed by atoms with van der Waals surface area (Å²) in [7, 11) is 0. The zero-order valence-electron chi connectivity index (χ0n) is 18.5. The van der Waals surface area contributed by atoms with Crippen LogP contribution in [0.4, 0.5) is 11.6 Å². The number of nitrogens with one attached hydrogen (secondary N) is 1. The second kappa shape index (κ2) is 10.5. The van der Waals surface area contributed by atoms with Crippen LogP contribution >= 0.6 is 11.8 Å². The quantitative estimate of drug-likeness (QED) is 0.613. The minimum Gasteiger partial charge on any atom is -0.376 e. The molecule has 0 radical (unpaired) electrons. The van der Waals surface area contributed by atoms with E-state index in [0.717, 1.165) is 55.9 Å². The lowest BCUT2D eigenvalue weighted by molar-refractivity contribution is -0.113. The van der Waals surface area contributed by atoms with E-state index in [-0.39, 0.29) is 12.0 Å². The Balaban J connectivity index is 1.40. The van der Waals surface area contributed by atoms with E-state index in [0.29, 0.717) is 11.7 Å². The van der Waals surface area contributed by atoms with Gasteiger partial charge in [-0.15, -0.1) is 10.2 Å². The molecule has 7 nitrogen and oxygen atoms in total. The molecule has 1 aromatic heterocycles. The van der Waals surface area contributed by atoms with Gasteiger partial charge in [-0.3, -0.25) is 9.36 Å². The van der Waals surface area contributed by atoms with Crippen molar-refractivity contribution < 1.29 is 9.53 Å². The number of rotatable bonds is 8. The Kier molecular flexibility index (Phi) is 7.50. The van der Waals surface area contributed by atoms with Gasteiger partial charge in [-0.2, -0.15) is 0 Å². The molecule has 1 N–H and O–H groups in total. The molecule has 2 aromatic rings. The maximum Gasteiger partial charge on any atom is 0.234 e. The average molecular weight is 444 g/mol. The van der Waals surface area contributed by atoms with Crippen molar-refractivity contribution in [3.63, 3.8) is 0 Å². The minimum atomic E-state index is -0.0338. The van der Waals surface area contributed by atoms with E-state index in [2.05, 4.69) is 51.0 Å². The van der Waals surface area contributed by atoms with Crippen LogP contribution in [0.1, 0.15) is 57.4 Å². The Labute approximate surface area is 188 Å². The van der Waals surface area contributed by atoms with E-state index >= 15 is 0 Å². The molecule has 1 atom stereocenters. The van der Waals surface area contributed by atoms with Crippen molar-refractivity contribution in [1.82, 2.24) is 14.8 Å². The lowest BCUT2D eigenvalue weighted by atomic mass is 10.0. The smallest absolute Gasteiger partial charge is 0.234 e. The SMILES string of the molecule is CC(C)c1ccc(NC(=O)CSc2nnc(N3CCCCC3)n2CC2CCCO2)cc1. The maximum atomic E-state index is 12.5. The van der Waals surface area contributed by atoms with Crippen molar-refractivity contribution >= 4 is 29.3 Å². The summed E-state index contributed by atoms with van der Waals surface area (Å²) < 4.78 is 8.03. The average Bonchev–Trinajstić information content (AvgIpc) is 3.44. The van der Waals surface area contributed by atoms with E-state index < -0.39 is 0 Å². The third kappa shape index (κ3) is 5.80. The third-order valence-corrected chi connectivity index (χ3v) is 6.91. The number of hydrogen-bond acceptors (Lipinski definition) is 6. The molecule has 2 aliphatic rings. The highest BCUT2D eigenvalue weighted by Crippen LogP contribution is 2.27. The number of piperidine rings is 1. The van der Waals surface area contributed by atoms with Gasteiger partial charge in [0.2, 0.25) is 11.9 Å². The van der Waals surface area contributed by atoms with E-state index in [9.17, 15) is 4.79 Å². The van der Waals surface area contributed by atoms with Crippen LogP contribution in [0.2, 0.25) is 0 Å². The Morgan fingerprint density at radius 2 is 1.94 bits per heavy atom. The number of ether oxygens (including phenoxy) is 1. The summed E-state index contributed by atoms with van der Waals surface area (Å²) in [5, 5.41) is 12.7. The first-order valence-corrected chi connectivity index (χ1v) is 12.4. The second-order valence-electron chi connectivity index (χ2n) is 8.69. The van der Waals surface area contributed by atoms with Crippen molar-refractivity contribution in [2.75, 3.05) is 35.7 Å². The summed E-state index contributed by atoms with van der Waals surface area (Å²) in [4.78, 5) is 14.9. The van der Waals surface area contributed by atoms with Crippen molar-refractivity contribution in [1.29, 1.82) is 0 Å². The molecule has 0 saturated carbocycles. The normalized spacial score (nSPS) is 19.2. The highest BCUT2D eigenvalue weighted by molar-refractivity contribution is 7.99. The molecule has 1 amide bonds. The second-order valence-corrected chi connectivity index (χ2v) is 9.63. The molecular weight excluding hydrogens is 410 g/mol. The molecule has 8 heteroatoms. The van der Waals surface area contributed by atoms with Gasteiger partial charge in [-0.25, -0.2) is 0 Å². The first-order chi connectivity index (χ1) is 15.1. The van der Waals surface area contributed by atoms with Crippen LogP contribution < -0.4 is 10.2 Å². The van der Waals surface area contributed by atoms with Crippen LogP contribution in [0.15, 0.2) is 29.4 Å². The Bertz CT molecular complexity index is 855. The fourth-order valence-electron chi connectivity index (χ4n) is 4.15. The highest BCUT2D eigenvalue weighted by Gasteiger charge is 2.25. The molecule has 4 rings (SSSR count). The van der Waals surface area contributed by atoms with Crippen LogP contribution in [-0.2, 0) is 16.1 Å². The van der Waals surface area contributed by atoms with Gasteiger partial charge in [0.05, 0.1) is 18.4 Å². The lowest BCUT2D eigenvalue weighted by Crippen LogP contribution is -2.33. The van der Waals surface area contributed by atoms with Crippen LogP contribution in [0.5, 0.6) is 0 Å². The largest absolute Gasteiger partial charge is 0.376 e. The van der Waals surface area contributed by atoms with Gasteiger partial charge in [0, 0.05) is 25.4 Å². The van der Waals surface area contributed by atoms with Crippen molar-refractivity contribution in [2.24, 2.45) is 0 Å². The van der Waals surface area contributed by atoms with Crippen molar-refractivity contribution in [3.05, 3.63) is 29.8 Å². The standard InChI is InChI=1S/C23H33N5O2S/c1-17(2)18-8-10-19(11-9-18)24-21(29)16-31-23-26-25-22(27-12-4-3-5-13-27)28(23)15-20-7-6-14-30-20/h8-11,17,20H,3-7,12-16H2,1-2H3,(H,24,29). The minimum absolute atomic E-state index is 0.0338. The number of carbonyl (C=O) groups excluding carboxylic acids is 1. The summed E-state index contributed by atoms with van der Waals surface area (Å²) in [6.07, 6.45) is 6.02. The van der Waals surface area contributed by atoms with Crippen LogP contribution in [0, 0.1) is 0 Å². The van der Waals surface area contributed by atoms with Gasteiger partial charge in [0.25, 0.3) is 0 Å². The number of aromatic nitrogens is 3. The molecule has 1 unspecified atom stereocenters. The lowest BCUT2D eigenvalue weighted by Gasteiger charge is -2.28.